The topological polar surface area (TPSA) is 49.8 Å². The predicted molar refractivity (Wildman–Crippen MR) is 47.5 cm³/mol. The van der Waals surface area contributed by atoms with Gasteiger partial charge in [0.25, 0.3) is 0 Å². The second-order valence-corrected chi connectivity index (χ2v) is 4.17. The third kappa shape index (κ3) is 2.21. The van der Waals surface area contributed by atoms with E-state index in [0.29, 0.717) is 0 Å². The smallest absolute Gasteiger partial charge is 0.335 e. The Morgan fingerprint density at radius 3 is 2.54 bits per heavy atom. The highest BCUT2D eigenvalue weighted by Gasteiger charge is 2.45. The van der Waals surface area contributed by atoms with Crippen molar-refractivity contribution in [1.82, 2.24) is 0 Å². The summed E-state index contributed by atoms with van der Waals surface area (Å²) < 4.78 is 5.08. The van der Waals surface area contributed by atoms with Crippen LogP contribution in [-0.4, -0.2) is 23.3 Å². The van der Waals surface area contributed by atoms with Crippen LogP contribution in [0.3, 0.4) is 0 Å². The molecule has 2 rings (SSSR count). The molecule has 2 fully saturated rings. The van der Waals surface area contributed by atoms with E-state index >= 15 is 0 Å². The van der Waals surface area contributed by atoms with Crippen LogP contribution >= 0.6 is 0 Å². The number of epoxide rings is 1. The lowest BCUT2D eigenvalue weighted by Gasteiger charge is -2.20. The maximum Gasteiger partial charge on any atom is 0.335 e. The number of rotatable bonds is 3. The molecule has 0 unspecified atom stereocenters. The van der Waals surface area contributed by atoms with Crippen molar-refractivity contribution in [1.29, 1.82) is 0 Å². The number of ether oxygens (including phenoxy) is 1. The molecular weight excluding hydrogens is 168 g/mol. The number of carbonyl (C=O) groups is 1. The number of carboxylic acids is 1. The molecule has 0 amide bonds. The van der Waals surface area contributed by atoms with Crippen molar-refractivity contribution in [2.75, 3.05) is 0 Å². The van der Waals surface area contributed by atoms with Gasteiger partial charge in [-0.1, -0.05) is 32.1 Å². The summed E-state index contributed by atoms with van der Waals surface area (Å²) in [5, 5.41) is 8.63. The Kier molecular flexibility index (Phi) is 2.54. The summed E-state index contributed by atoms with van der Waals surface area (Å²) in [6.07, 6.45) is 7.03. The van der Waals surface area contributed by atoms with Gasteiger partial charge in [0, 0.05) is 0 Å². The van der Waals surface area contributed by atoms with Gasteiger partial charge in [-0.25, -0.2) is 4.79 Å². The third-order valence-corrected chi connectivity index (χ3v) is 3.12. The van der Waals surface area contributed by atoms with Crippen LogP contribution in [0.25, 0.3) is 0 Å². The first kappa shape index (κ1) is 9.00. The zero-order valence-corrected chi connectivity index (χ0v) is 7.74. The summed E-state index contributed by atoms with van der Waals surface area (Å²) in [5.74, 6) is -0.0658. The van der Waals surface area contributed by atoms with Gasteiger partial charge in [-0.2, -0.15) is 0 Å². The summed E-state index contributed by atoms with van der Waals surface area (Å²) >= 11 is 0. The highest BCUT2D eigenvalue weighted by atomic mass is 16.6. The summed E-state index contributed by atoms with van der Waals surface area (Å²) in [5.41, 5.74) is 0. The molecule has 0 spiro atoms. The Hall–Kier alpha value is -0.570. The molecule has 1 aliphatic carbocycles. The van der Waals surface area contributed by atoms with Gasteiger partial charge in [0.1, 0.15) is 0 Å². The molecule has 1 heterocycles. The number of aliphatic carboxylic acids is 1. The summed E-state index contributed by atoms with van der Waals surface area (Å²) in [7, 11) is 0. The van der Waals surface area contributed by atoms with Crippen molar-refractivity contribution in [2.45, 2.75) is 50.7 Å². The summed E-state index contributed by atoms with van der Waals surface area (Å²) in [6.45, 7) is 0. The quantitative estimate of drug-likeness (QED) is 0.680. The number of hydrogen-bond donors (Lipinski definition) is 1. The average Bonchev–Trinajstić information content (AvgIpc) is 2.86. The van der Waals surface area contributed by atoms with E-state index in [2.05, 4.69) is 0 Å². The maximum absolute atomic E-state index is 10.5. The fraction of sp³-hybridized carbons (Fsp3) is 0.900. The predicted octanol–water partition coefficient (Wildman–Crippen LogP) is 1.81. The van der Waals surface area contributed by atoms with Crippen molar-refractivity contribution in [3.63, 3.8) is 0 Å². The van der Waals surface area contributed by atoms with E-state index in [1.165, 1.54) is 32.1 Å². The van der Waals surface area contributed by atoms with Crippen molar-refractivity contribution in [2.24, 2.45) is 5.92 Å². The van der Waals surface area contributed by atoms with Crippen LogP contribution < -0.4 is 0 Å². The molecule has 0 aromatic heterocycles. The van der Waals surface area contributed by atoms with Crippen LogP contribution in [0.15, 0.2) is 0 Å². The molecule has 0 radical (unpaired) electrons. The highest BCUT2D eigenvalue weighted by Crippen LogP contribution is 2.35. The molecule has 2 aliphatic rings. The second-order valence-electron chi connectivity index (χ2n) is 4.17. The Morgan fingerprint density at radius 2 is 2.00 bits per heavy atom. The van der Waals surface area contributed by atoms with Crippen LogP contribution in [0.4, 0.5) is 0 Å². The largest absolute Gasteiger partial charge is 0.479 e. The van der Waals surface area contributed by atoms with E-state index in [9.17, 15) is 4.79 Å². The Morgan fingerprint density at radius 1 is 1.31 bits per heavy atom. The Bertz CT molecular complexity index is 196. The molecule has 3 nitrogen and oxygen atoms in total. The van der Waals surface area contributed by atoms with E-state index in [0.717, 1.165) is 12.3 Å². The lowest BCUT2D eigenvalue weighted by atomic mass is 9.86. The number of hydrogen-bond acceptors (Lipinski definition) is 2. The first-order valence-corrected chi connectivity index (χ1v) is 5.15. The molecule has 3 heteroatoms. The van der Waals surface area contributed by atoms with Gasteiger partial charge < -0.3 is 9.84 Å². The van der Waals surface area contributed by atoms with Gasteiger partial charge in [0.15, 0.2) is 6.10 Å². The first-order valence-electron chi connectivity index (χ1n) is 5.15. The molecule has 1 N–H and O–H groups in total. The van der Waals surface area contributed by atoms with Gasteiger partial charge in [-0.15, -0.1) is 0 Å². The van der Waals surface area contributed by atoms with Crippen LogP contribution in [0, 0.1) is 5.92 Å². The Labute approximate surface area is 78.1 Å². The van der Waals surface area contributed by atoms with Gasteiger partial charge in [0.2, 0.25) is 0 Å². The molecule has 1 saturated heterocycles. The molecule has 1 aliphatic heterocycles. The highest BCUT2D eigenvalue weighted by molar-refractivity contribution is 5.75. The van der Waals surface area contributed by atoms with Crippen LogP contribution in [0.1, 0.15) is 38.5 Å². The van der Waals surface area contributed by atoms with E-state index in [1.54, 1.807) is 0 Å². The van der Waals surface area contributed by atoms with Crippen molar-refractivity contribution in [3.8, 4) is 0 Å². The number of carboxylic acid groups (broad SMARTS) is 1. The minimum atomic E-state index is -0.791. The minimum Gasteiger partial charge on any atom is -0.479 e. The van der Waals surface area contributed by atoms with E-state index in [4.69, 9.17) is 9.84 Å². The van der Waals surface area contributed by atoms with Gasteiger partial charge in [-0.3, -0.25) is 0 Å². The summed E-state index contributed by atoms with van der Waals surface area (Å²) in [6, 6.07) is 0. The Balaban J connectivity index is 1.70. The lowest BCUT2D eigenvalue weighted by Crippen LogP contribution is -2.13. The van der Waals surface area contributed by atoms with Crippen molar-refractivity contribution < 1.29 is 14.6 Å². The van der Waals surface area contributed by atoms with Crippen LogP contribution in [0.2, 0.25) is 0 Å². The lowest BCUT2D eigenvalue weighted by molar-refractivity contribution is -0.138. The molecule has 1 saturated carbocycles. The normalized spacial score (nSPS) is 34.5. The minimum absolute atomic E-state index is 0.0283. The standard InChI is InChI=1S/C10H16O3/c11-10(12)9-8(13-9)6-7-4-2-1-3-5-7/h7-9H,1-6H2,(H,11,12)/t8-,9-/m1/s1. The summed E-state index contributed by atoms with van der Waals surface area (Å²) in [4.78, 5) is 10.5. The fourth-order valence-electron chi connectivity index (χ4n) is 2.29. The molecular formula is C10H16O3. The van der Waals surface area contributed by atoms with E-state index < -0.39 is 12.1 Å². The van der Waals surface area contributed by atoms with E-state index in [-0.39, 0.29) is 6.10 Å². The second kappa shape index (κ2) is 3.66. The zero-order chi connectivity index (χ0) is 9.26. The van der Waals surface area contributed by atoms with Gasteiger partial charge in [0.05, 0.1) is 6.10 Å². The van der Waals surface area contributed by atoms with Gasteiger partial charge >= 0.3 is 5.97 Å². The molecule has 0 bridgehead atoms. The van der Waals surface area contributed by atoms with Crippen LogP contribution in [-0.2, 0) is 9.53 Å². The van der Waals surface area contributed by atoms with E-state index in [1.807, 2.05) is 0 Å². The third-order valence-electron chi connectivity index (χ3n) is 3.12. The van der Waals surface area contributed by atoms with Crippen LogP contribution in [0.5, 0.6) is 0 Å². The first-order chi connectivity index (χ1) is 6.27. The SMILES string of the molecule is O=C(O)[C@@H]1O[C@@H]1CC1CCCCC1. The monoisotopic (exact) mass is 184 g/mol. The van der Waals surface area contributed by atoms with Gasteiger partial charge in [-0.05, 0) is 12.3 Å². The van der Waals surface area contributed by atoms with Crippen molar-refractivity contribution in [3.05, 3.63) is 0 Å². The zero-order valence-electron chi connectivity index (χ0n) is 7.74. The average molecular weight is 184 g/mol. The molecule has 0 aromatic carbocycles. The molecule has 74 valence electrons. The molecule has 2 atom stereocenters. The molecule has 13 heavy (non-hydrogen) atoms. The maximum atomic E-state index is 10.5. The van der Waals surface area contributed by atoms with Crippen molar-refractivity contribution >= 4 is 5.97 Å². The fourth-order valence-corrected chi connectivity index (χ4v) is 2.29. The molecule has 0 aromatic rings.